The van der Waals surface area contributed by atoms with Gasteiger partial charge < -0.3 is 0 Å². The summed E-state index contributed by atoms with van der Waals surface area (Å²) in [5, 5.41) is 20.5. The van der Waals surface area contributed by atoms with Crippen LogP contribution in [0.3, 0.4) is 0 Å². The van der Waals surface area contributed by atoms with Crippen LogP contribution in [-0.2, 0) is 0 Å². The highest BCUT2D eigenvalue weighted by Crippen LogP contribution is 2.47. The van der Waals surface area contributed by atoms with Gasteiger partial charge in [-0.1, -0.05) is 188 Å². The summed E-state index contributed by atoms with van der Waals surface area (Å²) in [6, 6.07) is 76.7. The normalized spacial score (nSPS) is 11.9. The van der Waals surface area contributed by atoms with Crippen molar-refractivity contribution in [1.29, 1.82) is 0 Å². The van der Waals surface area contributed by atoms with Crippen LogP contribution in [0.5, 0.6) is 0 Å². The van der Waals surface area contributed by atoms with Crippen LogP contribution in [0.25, 0.3) is 120 Å². The fraction of sp³-hybridized carbons (Fsp3) is 0. The highest BCUT2D eigenvalue weighted by Gasteiger charge is 2.20. The molecule has 12 aromatic carbocycles. The average Bonchev–Trinajstić information content (AvgIpc) is 3.28. The van der Waals surface area contributed by atoms with E-state index in [1.807, 2.05) is 0 Å². The van der Waals surface area contributed by atoms with Gasteiger partial charge in [-0.05, 0) is 138 Å². The summed E-state index contributed by atoms with van der Waals surface area (Å²) >= 11 is 0. The Morgan fingerprint density at radius 1 is 0.143 bits per heavy atom. The largest absolute Gasteiger partial charge is 0.0622 e. The molecule has 56 heavy (non-hydrogen) atoms. The molecule has 0 radical (unpaired) electrons. The first-order valence-electron chi connectivity index (χ1n) is 19.5. The van der Waals surface area contributed by atoms with E-state index in [0.29, 0.717) is 0 Å². The number of benzene rings is 12. The van der Waals surface area contributed by atoms with Crippen LogP contribution in [-0.4, -0.2) is 0 Å². The zero-order valence-corrected chi connectivity index (χ0v) is 30.6. The van der Waals surface area contributed by atoms with Crippen molar-refractivity contribution in [3.8, 4) is 33.4 Å². The monoisotopic (exact) mass is 706 g/mol. The zero-order valence-electron chi connectivity index (χ0n) is 30.6. The fourth-order valence-corrected chi connectivity index (χ4v) is 9.74. The molecule has 0 amide bonds. The molecule has 0 saturated heterocycles. The quantitative estimate of drug-likeness (QED) is 0.127. The number of rotatable bonds is 3. The molecule has 0 N–H and O–H groups in total. The second kappa shape index (κ2) is 12.1. The summed E-state index contributed by atoms with van der Waals surface area (Å²) in [5.74, 6) is 0. The van der Waals surface area contributed by atoms with Crippen molar-refractivity contribution < 1.29 is 0 Å². The third kappa shape index (κ3) is 4.54. The van der Waals surface area contributed by atoms with Gasteiger partial charge in [0.05, 0.1) is 0 Å². The molecule has 0 bridgehead atoms. The van der Waals surface area contributed by atoms with Crippen molar-refractivity contribution in [2.45, 2.75) is 0 Å². The van der Waals surface area contributed by atoms with Crippen LogP contribution in [0, 0.1) is 0 Å². The summed E-state index contributed by atoms with van der Waals surface area (Å²) in [6.07, 6.45) is 0. The number of hydrogen-bond acceptors (Lipinski definition) is 0. The Hall–Kier alpha value is -7.28. The Morgan fingerprint density at radius 2 is 0.411 bits per heavy atom. The van der Waals surface area contributed by atoms with Crippen LogP contribution in [0.15, 0.2) is 206 Å². The molecule has 0 aliphatic carbocycles. The predicted molar refractivity (Wildman–Crippen MR) is 243 cm³/mol. The van der Waals surface area contributed by atoms with Gasteiger partial charge in [0.2, 0.25) is 0 Å². The van der Waals surface area contributed by atoms with Gasteiger partial charge in [-0.2, -0.15) is 0 Å². The van der Waals surface area contributed by atoms with Gasteiger partial charge in [-0.25, -0.2) is 0 Å². The van der Waals surface area contributed by atoms with E-state index in [9.17, 15) is 0 Å². The lowest BCUT2D eigenvalue weighted by atomic mass is 9.83. The van der Waals surface area contributed by atoms with Gasteiger partial charge in [-0.15, -0.1) is 0 Å². The second-order valence-electron chi connectivity index (χ2n) is 15.1. The molecular formula is C56H34. The average molecular weight is 707 g/mol. The van der Waals surface area contributed by atoms with Crippen LogP contribution in [0.2, 0.25) is 0 Å². The minimum atomic E-state index is 1.22. The molecule has 12 rings (SSSR count). The van der Waals surface area contributed by atoms with E-state index in [2.05, 4.69) is 206 Å². The van der Waals surface area contributed by atoms with Crippen LogP contribution in [0.1, 0.15) is 0 Å². The molecule has 0 aromatic heterocycles. The highest BCUT2D eigenvalue weighted by molar-refractivity contribution is 6.29. The standard InChI is InChI=1S/C56H34/c1-2-14-35(15-3-1)36-26-31-51-54(32-36)56(38-28-30-48-44-21-7-5-17-40(44)42-19-9-11-23-46(42)53(48)34-38)50-25-13-12-24-49(50)55(51)37-27-29-47-43-20-6-4-16-39(43)41-18-8-10-22-45(41)52(47)33-37/h1-34H. The van der Waals surface area contributed by atoms with Gasteiger partial charge in [0.1, 0.15) is 0 Å². The molecule has 0 spiro atoms. The molecule has 0 unspecified atom stereocenters. The topological polar surface area (TPSA) is 0 Å². The third-order valence-corrected chi connectivity index (χ3v) is 12.2. The van der Waals surface area contributed by atoms with Crippen molar-refractivity contribution in [1.82, 2.24) is 0 Å². The first-order valence-corrected chi connectivity index (χ1v) is 19.5. The molecule has 0 aliphatic rings. The molecule has 0 fully saturated rings. The number of fused-ring (bicyclic) bond motifs is 14. The Balaban J connectivity index is 1.20. The van der Waals surface area contributed by atoms with Crippen LogP contribution in [0.4, 0.5) is 0 Å². The van der Waals surface area contributed by atoms with Crippen molar-refractivity contribution in [3.63, 3.8) is 0 Å². The highest BCUT2D eigenvalue weighted by atomic mass is 14.2. The predicted octanol–water partition coefficient (Wildman–Crippen LogP) is 15.9. The summed E-state index contributed by atoms with van der Waals surface area (Å²) in [5.41, 5.74) is 7.44. The molecule has 0 heterocycles. The van der Waals surface area contributed by atoms with Crippen molar-refractivity contribution >= 4 is 86.2 Å². The van der Waals surface area contributed by atoms with Crippen LogP contribution < -0.4 is 0 Å². The molecule has 0 atom stereocenters. The van der Waals surface area contributed by atoms with Gasteiger partial charge in [0, 0.05) is 0 Å². The number of hydrogen-bond donors (Lipinski definition) is 0. The lowest BCUT2D eigenvalue weighted by molar-refractivity contribution is 1.64. The molecule has 258 valence electrons. The van der Waals surface area contributed by atoms with Crippen molar-refractivity contribution in [2.24, 2.45) is 0 Å². The molecule has 0 nitrogen and oxygen atoms in total. The third-order valence-electron chi connectivity index (χ3n) is 12.2. The van der Waals surface area contributed by atoms with Gasteiger partial charge >= 0.3 is 0 Å². The molecule has 0 heteroatoms. The Labute approximate surface area is 324 Å². The second-order valence-corrected chi connectivity index (χ2v) is 15.1. The van der Waals surface area contributed by atoms with E-state index in [-0.39, 0.29) is 0 Å². The maximum atomic E-state index is 2.45. The zero-order chi connectivity index (χ0) is 36.7. The summed E-state index contributed by atoms with van der Waals surface area (Å²) < 4.78 is 0. The van der Waals surface area contributed by atoms with E-state index in [0.717, 1.165) is 0 Å². The SMILES string of the molecule is c1ccc(-c2ccc3c(-c4ccc5c6ccccc6c6ccccc6c5c4)c4ccccc4c(-c4ccc5c6ccccc6c6ccccc6c5c4)c3c2)cc1. The van der Waals surface area contributed by atoms with E-state index in [1.54, 1.807) is 0 Å². The molecule has 0 aliphatic heterocycles. The van der Waals surface area contributed by atoms with Crippen molar-refractivity contribution in [2.75, 3.05) is 0 Å². The summed E-state index contributed by atoms with van der Waals surface area (Å²) in [7, 11) is 0. The lowest BCUT2D eigenvalue weighted by Gasteiger charge is -2.20. The van der Waals surface area contributed by atoms with E-state index < -0.39 is 0 Å². The van der Waals surface area contributed by atoms with E-state index in [1.165, 1.54) is 120 Å². The summed E-state index contributed by atoms with van der Waals surface area (Å²) in [6.45, 7) is 0. The first-order chi connectivity index (χ1) is 27.8. The lowest BCUT2D eigenvalue weighted by Crippen LogP contribution is -1.93. The molecular weight excluding hydrogens is 673 g/mol. The minimum absolute atomic E-state index is 1.22. The van der Waals surface area contributed by atoms with Gasteiger partial charge in [0.25, 0.3) is 0 Å². The molecule has 0 saturated carbocycles. The van der Waals surface area contributed by atoms with E-state index >= 15 is 0 Å². The van der Waals surface area contributed by atoms with Gasteiger partial charge in [0.15, 0.2) is 0 Å². The maximum Gasteiger partial charge on any atom is -0.00259 e. The summed E-state index contributed by atoms with van der Waals surface area (Å²) in [4.78, 5) is 0. The van der Waals surface area contributed by atoms with Crippen LogP contribution >= 0.6 is 0 Å². The molecule has 12 aromatic rings. The Bertz CT molecular complexity index is 3500. The van der Waals surface area contributed by atoms with E-state index in [4.69, 9.17) is 0 Å². The first kappa shape index (κ1) is 31.1. The smallest absolute Gasteiger partial charge is 0.00259 e. The Kier molecular flexibility index (Phi) is 6.73. The van der Waals surface area contributed by atoms with Gasteiger partial charge in [-0.3, -0.25) is 0 Å². The van der Waals surface area contributed by atoms with Crippen molar-refractivity contribution in [3.05, 3.63) is 206 Å². The maximum absolute atomic E-state index is 2.45. The minimum Gasteiger partial charge on any atom is -0.0622 e. The Morgan fingerprint density at radius 3 is 0.839 bits per heavy atom. The fourth-order valence-electron chi connectivity index (χ4n) is 9.74.